The van der Waals surface area contributed by atoms with Gasteiger partial charge in [-0.1, -0.05) is 6.07 Å². The van der Waals surface area contributed by atoms with Crippen molar-refractivity contribution in [1.82, 2.24) is 19.7 Å². The third kappa shape index (κ3) is 5.13. The van der Waals surface area contributed by atoms with Gasteiger partial charge in [0.15, 0.2) is 5.82 Å². The molecule has 3 aromatic rings. The molecule has 0 bridgehead atoms. The van der Waals surface area contributed by atoms with Gasteiger partial charge in [-0.2, -0.15) is 10.4 Å². The van der Waals surface area contributed by atoms with Gasteiger partial charge in [0.25, 0.3) is 5.91 Å². The first-order valence-electron chi connectivity index (χ1n) is 12.9. The number of aliphatic hydroxyl groups excluding tert-OH is 2. The van der Waals surface area contributed by atoms with Crippen molar-refractivity contribution in [1.29, 1.82) is 5.26 Å². The van der Waals surface area contributed by atoms with Gasteiger partial charge in [0.05, 0.1) is 58.6 Å². The number of carbonyl (C=O) groups excluding carboxylic acids is 2. The topological polar surface area (TPSA) is 145 Å². The molecule has 40 heavy (non-hydrogen) atoms. The summed E-state index contributed by atoms with van der Waals surface area (Å²) in [5, 5.41) is 34.6. The summed E-state index contributed by atoms with van der Waals surface area (Å²) in [5.74, 6) is -0.806. The number of aliphatic hydroxyl groups is 2. The molecule has 0 radical (unpaired) electrons. The highest BCUT2D eigenvalue weighted by atomic mass is 19.1. The number of benzene rings is 1. The molecular formula is C28H29FN6O5. The molecule has 12 heteroatoms. The predicted molar refractivity (Wildman–Crippen MR) is 141 cm³/mol. The van der Waals surface area contributed by atoms with Gasteiger partial charge in [-0.15, -0.1) is 0 Å². The van der Waals surface area contributed by atoms with Crippen LogP contribution in [0.3, 0.4) is 0 Å². The Labute approximate surface area is 230 Å². The molecule has 2 atom stereocenters. The van der Waals surface area contributed by atoms with Gasteiger partial charge in [-0.05, 0) is 51.8 Å². The zero-order valence-electron chi connectivity index (χ0n) is 22.3. The molecule has 2 aliphatic heterocycles. The van der Waals surface area contributed by atoms with Gasteiger partial charge in [0.1, 0.15) is 11.4 Å². The zero-order chi connectivity index (χ0) is 28.8. The summed E-state index contributed by atoms with van der Waals surface area (Å²) >= 11 is 0. The number of anilines is 1. The number of hydrogen-bond acceptors (Lipinski definition) is 9. The van der Waals surface area contributed by atoms with Crippen LogP contribution in [0, 0.1) is 17.1 Å². The molecule has 0 unspecified atom stereocenters. The predicted octanol–water partition coefficient (Wildman–Crippen LogP) is 3.16. The average Bonchev–Trinajstić information content (AvgIpc) is 3.47. The summed E-state index contributed by atoms with van der Waals surface area (Å²) in [6.07, 6.45) is 0.0954. The quantitative estimate of drug-likeness (QED) is 0.504. The number of nitrogens with zero attached hydrogens (tertiary/aromatic N) is 6. The summed E-state index contributed by atoms with van der Waals surface area (Å²) in [4.78, 5) is 33.7. The fourth-order valence-electron chi connectivity index (χ4n) is 4.89. The first-order valence-corrected chi connectivity index (χ1v) is 12.9. The van der Waals surface area contributed by atoms with Crippen molar-refractivity contribution >= 4 is 17.8 Å². The van der Waals surface area contributed by atoms with Gasteiger partial charge in [0.2, 0.25) is 0 Å². The second kappa shape index (κ2) is 10.3. The highest BCUT2D eigenvalue weighted by molar-refractivity contribution is 6.08. The first kappa shape index (κ1) is 27.2. The summed E-state index contributed by atoms with van der Waals surface area (Å²) < 4.78 is 21.9. The van der Waals surface area contributed by atoms with Crippen molar-refractivity contribution < 1.29 is 28.9 Å². The van der Waals surface area contributed by atoms with E-state index in [2.05, 4.69) is 10.1 Å². The maximum atomic E-state index is 15.0. The average molecular weight is 549 g/mol. The Balaban J connectivity index is 1.62. The van der Waals surface area contributed by atoms with Crippen LogP contribution in [-0.4, -0.2) is 72.8 Å². The lowest BCUT2D eigenvalue weighted by atomic mass is 10.0. The summed E-state index contributed by atoms with van der Waals surface area (Å²) in [5.41, 5.74) is -0.159. The van der Waals surface area contributed by atoms with Crippen LogP contribution in [0.25, 0.3) is 16.9 Å². The van der Waals surface area contributed by atoms with Crippen molar-refractivity contribution in [3.05, 3.63) is 59.2 Å². The van der Waals surface area contributed by atoms with Crippen molar-refractivity contribution in [3.63, 3.8) is 0 Å². The fourth-order valence-corrected chi connectivity index (χ4v) is 4.89. The number of carbonyl (C=O) groups is 2. The van der Waals surface area contributed by atoms with E-state index < -0.39 is 35.6 Å². The number of ether oxygens (including phenoxy) is 1. The van der Waals surface area contributed by atoms with Crippen LogP contribution in [-0.2, 0) is 11.3 Å². The van der Waals surface area contributed by atoms with Gasteiger partial charge in [-0.3, -0.25) is 4.79 Å². The van der Waals surface area contributed by atoms with Crippen molar-refractivity contribution in [2.75, 3.05) is 18.0 Å². The van der Waals surface area contributed by atoms with Crippen molar-refractivity contribution in [3.8, 4) is 23.0 Å². The number of aromatic nitrogens is 3. The lowest BCUT2D eigenvalue weighted by molar-refractivity contribution is 0.0247. The number of amides is 2. The highest BCUT2D eigenvalue weighted by Gasteiger charge is 2.39. The molecule has 2 aromatic heterocycles. The minimum absolute atomic E-state index is 0.0331. The van der Waals surface area contributed by atoms with E-state index in [0.29, 0.717) is 25.2 Å². The van der Waals surface area contributed by atoms with Crippen LogP contribution < -0.4 is 4.90 Å². The van der Waals surface area contributed by atoms with Crippen molar-refractivity contribution in [2.45, 2.75) is 58.0 Å². The molecule has 0 aliphatic carbocycles. The zero-order valence-corrected chi connectivity index (χ0v) is 22.3. The Bertz CT molecular complexity index is 1520. The molecule has 4 heterocycles. The minimum atomic E-state index is -0.946. The summed E-state index contributed by atoms with van der Waals surface area (Å²) in [6.45, 7) is 5.58. The molecule has 1 aromatic carbocycles. The molecule has 2 amide bonds. The Kier molecular flexibility index (Phi) is 7.03. The Morgan fingerprint density at radius 1 is 1.20 bits per heavy atom. The van der Waals surface area contributed by atoms with E-state index in [1.165, 1.54) is 28.9 Å². The Hall–Kier alpha value is -4.34. The maximum absolute atomic E-state index is 15.0. The van der Waals surface area contributed by atoms with E-state index in [9.17, 15) is 25.1 Å². The van der Waals surface area contributed by atoms with Gasteiger partial charge in [0, 0.05) is 25.4 Å². The molecule has 11 nitrogen and oxygen atoms in total. The monoisotopic (exact) mass is 548 g/mol. The van der Waals surface area contributed by atoms with E-state index in [-0.39, 0.29) is 46.9 Å². The number of fused-ring (bicyclic) bond motifs is 1. The summed E-state index contributed by atoms with van der Waals surface area (Å²) in [6, 6.07) is 9.25. The number of rotatable bonds is 3. The number of hydrogen-bond donors (Lipinski definition) is 2. The van der Waals surface area contributed by atoms with Crippen LogP contribution in [0.1, 0.15) is 55.2 Å². The Morgan fingerprint density at radius 3 is 2.70 bits per heavy atom. The maximum Gasteiger partial charge on any atom is 0.417 e. The van der Waals surface area contributed by atoms with Gasteiger partial charge in [-0.25, -0.2) is 23.8 Å². The van der Waals surface area contributed by atoms with Gasteiger partial charge >= 0.3 is 6.09 Å². The van der Waals surface area contributed by atoms with Crippen LogP contribution >= 0.6 is 0 Å². The molecule has 2 N–H and O–H groups in total. The molecular weight excluding hydrogens is 519 g/mol. The standard InChI is InChI=1S/C28H29FN6O5/c1-28(2,3)40-27(39)34-14-19-25(26(34)38)20(12-18(31-19)24-16(13-30)6-4-7-17(24)29)35-11-9-23(32-35)33-10-5-8-21(36)22(37)15-33/h4,6-7,9,11-12,21-22,36-37H,5,8,10,14-15H2,1-3H3/t21-,22+/m0/s1. The number of imide groups is 1. The van der Waals surface area contributed by atoms with E-state index in [4.69, 9.17) is 4.74 Å². The van der Waals surface area contributed by atoms with Crippen molar-refractivity contribution in [2.24, 2.45) is 0 Å². The number of nitriles is 1. The molecule has 1 saturated heterocycles. The molecule has 0 spiro atoms. The van der Waals surface area contributed by atoms with Crippen LogP contribution in [0.2, 0.25) is 0 Å². The number of halogens is 1. The molecule has 1 fully saturated rings. The molecule has 0 saturated carbocycles. The first-order chi connectivity index (χ1) is 19.0. The number of β-amino-alcohol motifs (C(OH)–C–C–N with tert-alkyl or cyclic N) is 1. The van der Waals surface area contributed by atoms with Crippen LogP contribution in [0.4, 0.5) is 15.0 Å². The Morgan fingerprint density at radius 2 is 1.98 bits per heavy atom. The molecule has 2 aliphatic rings. The normalized spacial score (nSPS) is 19.3. The number of pyridine rings is 1. The van der Waals surface area contributed by atoms with E-state index in [0.717, 1.165) is 4.90 Å². The fraction of sp³-hybridized carbons (Fsp3) is 0.393. The minimum Gasteiger partial charge on any atom is -0.443 e. The molecule has 208 valence electrons. The highest BCUT2D eigenvalue weighted by Crippen LogP contribution is 2.34. The summed E-state index contributed by atoms with van der Waals surface area (Å²) in [7, 11) is 0. The molecule has 5 rings (SSSR count). The third-order valence-electron chi connectivity index (χ3n) is 6.77. The van der Waals surface area contributed by atoms with E-state index in [1.54, 1.807) is 33.0 Å². The van der Waals surface area contributed by atoms with Gasteiger partial charge < -0.3 is 19.8 Å². The third-order valence-corrected chi connectivity index (χ3v) is 6.77. The van der Waals surface area contributed by atoms with E-state index >= 15 is 4.39 Å². The second-order valence-corrected chi connectivity index (χ2v) is 10.8. The SMILES string of the molecule is CC(C)(C)OC(=O)N1Cc2nc(-c3c(F)cccc3C#N)cc(-n3ccc(N4CCC[C@H](O)[C@H](O)C4)n3)c2C1=O. The smallest absolute Gasteiger partial charge is 0.417 e. The van der Waals surface area contributed by atoms with Crippen LogP contribution in [0.15, 0.2) is 36.5 Å². The second-order valence-electron chi connectivity index (χ2n) is 10.8. The largest absolute Gasteiger partial charge is 0.443 e. The lowest BCUT2D eigenvalue weighted by Crippen LogP contribution is -2.37. The van der Waals surface area contributed by atoms with Crippen LogP contribution in [0.5, 0.6) is 0 Å². The van der Waals surface area contributed by atoms with E-state index in [1.807, 2.05) is 11.0 Å². The lowest BCUT2D eigenvalue weighted by Gasteiger charge is -2.23.